The fraction of sp³-hybridized carbons (Fsp3) is 0.250. The van der Waals surface area contributed by atoms with Gasteiger partial charge in [0.05, 0.1) is 12.3 Å². The first-order valence-corrected chi connectivity index (χ1v) is 5.78. The first-order valence-electron chi connectivity index (χ1n) is 4.90. The molecule has 0 N–H and O–H groups in total. The number of nitrogens with zero attached hydrogens (tertiary/aromatic N) is 1. The lowest BCUT2D eigenvalue weighted by atomic mass is 10.1. The van der Waals surface area contributed by atoms with Crippen LogP contribution in [0.2, 0.25) is 0 Å². The van der Waals surface area contributed by atoms with E-state index in [9.17, 15) is 4.39 Å². The Hall–Kier alpha value is -1.26. The van der Waals surface area contributed by atoms with Crippen LogP contribution in [-0.4, -0.2) is 12.1 Å². The van der Waals surface area contributed by atoms with Crippen LogP contribution in [0.5, 0.6) is 0 Å². The van der Waals surface area contributed by atoms with Crippen molar-refractivity contribution in [2.24, 2.45) is 0 Å². The lowest BCUT2D eigenvalue weighted by Crippen LogP contribution is -1.89. The van der Waals surface area contributed by atoms with Gasteiger partial charge in [0.2, 0.25) is 0 Å². The minimum absolute atomic E-state index is 0.224. The Labute approximate surface area is 97.7 Å². The van der Waals surface area contributed by atoms with Crippen molar-refractivity contribution in [3.63, 3.8) is 0 Å². The standard InChI is InChI=1S/C12H12FNOS/c1-8-3-4-10(11(13)5-8)12-14-9(6-15-2)7-16-12/h3-5,7H,6H2,1-2H3. The van der Waals surface area contributed by atoms with E-state index in [-0.39, 0.29) is 5.82 Å². The summed E-state index contributed by atoms with van der Waals surface area (Å²) in [6, 6.07) is 5.17. The molecule has 0 aliphatic rings. The third-order valence-corrected chi connectivity index (χ3v) is 3.12. The summed E-state index contributed by atoms with van der Waals surface area (Å²) in [6.07, 6.45) is 0. The molecular weight excluding hydrogens is 225 g/mol. The van der Waals surface area contributed by atoms with Crippen LogP contribution >= 0.6 is 11.3 Å². The zero-order valence-electron chi connectivity index (χ0n) is 9.16. The van der Waals surface area contributed by atoms with Crippen LogP contribution in [0.3, 0.4) is 0 Å². The monoisotopic (exact) mass is 237 g/mol. The Balaban J connectivity index is 2.35. The van der Waals surface area contributed by atoms with Gasteiger partial charge in [-0.3, -0.25) is 0 Å². The first kappa shape index (κ1) is 11.2. The number of hydrogen-bond acceptors (Lipinski definition) is 3. The molecule has 0 aliphatic carbocycles. The third-order valence-electron chi connectivity index (χ3n) is 2.20. The van der Waals surface area contributed by atoms with E-state index in [2.05, 4.69) is 4.98 Å². The predicted molar refractivity (Wildman–Crippen MR) is 63.0 cm³/mol. The van der Waals surface area contributed by atoms with Gasteiger partial charge < -0.3 is 4.74 Å². The molecule has 1 aromatic carbocycles. The molecule has 0 amide bonds. The van der Waals surface area contributed by atoms with Crippen molar-refractivity contribution in [1.82, 2.24) is 4.98 Å². The van der Waals surface area contributed by atoms with E-state index in [4.69, 9.17) is 4.74 Å². The maximum absolute atomic E-state index is 13.7. The zero-order chi connectivity index (χ0) is 11.5. The quantitative estimate of drug-likeness (QED) is 0.816. The van der Waals surface area contributed by atoms with E-state index >= 15 is 0 Å². The summed E-state index contributed by atoms with van der Waals surface area (Å²) in [4.78, 5) is 4.31. The number of thiazole rings is 1. The van der Waals surface area contributed by atoms with E-state index in [0.717, 1.165) is 11.3 Å². The normalized spacial score (nSPS) is 10.7. The SMILES string of the molecule is COCc1csc(-c2ccc(C)cc2F)n1. The van der Waals surface area contributed by atoms with Crippen molar-refractivity contribution in [3.05, 3.63) is 40.7 Å². The second-order valence-corrected chi connectivity index (χ2v) is 4.42. The van der Waals surface area contributed by atoms with E-state index in [0.29, 0.717) is 17.2 Å². The molecular formula is C12H12FNOS. The van der Waals surface area contributed by atoms with Crippen LogP contribution in [0.15, 0.2) is 23.6 Å². The number of aromatic nitrogens is 1. The van der Waals surface area contributed by atoms with Gasteiger partial charge in [0, 0.05) is 18.1 Å². The molecule has 16 heavy (non-hydrogen) atoms. The van der Waals surface area contributed by atoms with E-state index in [1.54, 1.807) is 13.2 Å². The van der Waals surface area contributed by atoms with Crippen molar-refractivity contribution in [3.8, 4) is 10.6 Å². The van der Waals surface area contributed by atoms with Gasteiger partial charge in [-0.25, -0.2) is 9.37 Å². The molecule has 0 unspecified atom stereocenters. The summed E-state index contributed by atoms with van der Waals surface area (Å²) in [5.41, 5.74) is 2.30. The number of methoxy groups -OCH3 is 1. The summed E-state index contributed by atoms with van der Waals surface area (Å²) < 4.78 is 18.6. The highest BCUT2D eigenvalue weighted by Crippen LogP contribution is 2.27. The topological polar surface area (TPSA) is 22.1 Å². The number of aryl methyl sites for hydroxylation is 1. The minimum atomic E-state index is -0.224. The number of benzene rings is 1. The smallest absolute Gasteiger partial charge is 0.133 e. The molecule has 1 aromatic heterocycles. The van der Waals surface area contributed by atoms with Crippen molar-refractivity contribution in [2.75, 3.05) is 7.11 Å². The fourth-order valence-electron chi connectivity index (χ4n) is 1.44. The van der Waals surface area contributed by atoms with Gasteiger partial charge in [0.15, 0.2) is 0 Å². The van der Waals surface area contributed by atoms with Crippen molar-refractivity contribution in [1.29, 1.82) is 0 Å². The van der Waals surface area contributed by atoms with Crippen molar-refractivity contribution < 1.29 is 9.13 Å². The number of halogens is 1. The fourth-order valence-corrected chi connectivity index (χ4v) is 2.27. The Morgan fingerprint density at radius 3 is 2.94 bits per heavy atom. The molecule has 0 spiro atoms. The lowest BCUT2D eigenvalue weighted by Gasteiger charge is -2.00. The van der Waals surface area contributed by atoms with E-state index < -0.39 is 0 Å². The lowest BCUT2D eigenvalue weighted by molar-refractivity contribution is 0.182. The first-order chi connectivity index (χ1) is 7.70. The zero-order valence-corrected chi connectivity index (χ0v) is 9.97. The molecule has 2 rings (SSSR count). The van der Waals surface area contributed by atoms with Crippen molar-refractivity contribution >= 4 is 11.3 Å². The van der Waals surface area contributed by atoms with Gasteiger partial charge in [-0.2, -0.15) is 0 Å². The highest BCUT2D eigenvalue weighted by molar-refractivity contribution is 7.13. The van der Waals surface area contributed by atoms with Gasteiger partial charge in [-0.05, 0) is 24.6 Å². The summed E-state index contributed by atoms with van der Waals surface area (Å²) >= 11 is 1.43. The van der Waals surface area contributed by atoms with E-state index in [1.807, 2.05) is 18.4 Å². The molecule has 1 heterocycles. The van der Waals surface area contributed by atoms with Crippen LogP contribution in [0.25, 0.3) is 10.6 Å². The maximum atomic E-state index is 13.7. The average molecular weight is 237 g/mol. The second-order valence-electron chi connectivity index (χ2n) is 3.56. The molecule has 0 fully saturated rings. The maximum Gasteiger partial charge on any atom is 0.133 e. The van der Waals surface area contributed by atoms with E-state index in [1.165, 1.54) is 17.4 Å². The van der Waals surface area contributed by atoms with Crippen LogP contribution in [0, 0.1) is 12.7 Å². The van der Waals surface area contributed by atoms with Crippen LogP contribution in [0.1, 0.15) is 11.3 Å². The Kier molecular flexibility index (Phi) is 3.31. The second kappa shape index (κ2) is 4.72. The largest absolute Gasteiger partial charge is 0.378 e. The molecule has 0 aliphatic heterocycles. The van der Waals surface area contributed by atoms with Gasteiger partial charge in [0.1, 0.15) is 10.8 Å². The van der Waals surface area contributed by atoms with Crippen LogP contribution in [0.4, 0.5) is 4.39 Å². The Morgan fingerprint density at radius 2 is 2.25 bits per heavy atom. The number of rotatable bonds is 3. The molecule has 0 radical (unpaired) electrons. The molecule has 2 aromatic rings. The average Bonchev–Trinajstić information content (AvgIpc) is 2.67. The molecule has 84 valence electrons. The molecule has 0 bridgehead atoms. The summed E-state index contributed by atoms with van der Waals surface area (Å²) in [5, 5.41) is 2.59. The van der Waals surface area contributed by atoms with Gasteiger partial charge in [-0.1, -0.05) is 6.07 Å². The summed E-state index contributed by atoms with van der Waals surface area (Å²) in [6.45, 7) is 2.33. The summed E-state index contributed by atoms with van der Waals surface area (Å²) in [5.74, 6) is -0.224. The Morgan fingerprint density at radius 1 is 1.44 bits per heavy atom. The number of ether oxygens (including phenoxy) is 1. The van der Waals surface area contributed by atoms with Gasteiger partial charge in [0.25, 0.3) is 0 Å². The minimum Gasteiger partial charge on any atom is -0.378 e. The van der Waals surface area contributed by atoms with Crippen LogP contribution in [-0.2, 0) is 11.3 Å². The summed E-state index contributed by atoms with van der Waals surface area (Å²) in [7, 11) is 1.62. The van der Waals surface area contributed by atoms with Gasteiger partial charge >= 0.3 is 0 Å². The van der Waals surface area contributed by atoms with Crippen LogP contribution < -0.4 is 0 Å². The Bertz CT molecular complexity index is 496. The predicted octanol–water partition coefficient (Wildman–Crippen LogP) is 3.40. The van der Waals surface area contributed by atoms with Gasteiger partial charge in [-0.15, -0.1) is 11.3 Å². The molecule has 0 saturated carbocycles. The van der Waals surface area contributed by atoms with Crippen molar-refractivity contribution in [2.45, 2.75) is 13.5 Å². The molecule has 0 saturated heterocycles. The molecule has 4 heteroatoms. The molecule has 2 nitrogen and oxygen atoms in total. The third kappa shape index (κ3) is 2.28. The highest BCUT2D eigenvalue weighted by Gasteiger charge is 2.09. The molecule has 0 atom stereocenters. The highest BCUT2D eigenvalue weighted by atomic mass is 32.1. The number of hydrogen-bond donors (Lipinski definition) is 0.